The van der Waals surface area contributed by atoms with Gasteiger partial charge in [0.25, 0.3) is 0 Å². The zero-order valence-electron chi connectivity index (χ0n) is 13.3. The lowest BCUT2D eigenvalue weighted by Gasteiger charge is -2.35. The monoisotopic (exact) mass is 393 g/mol. The van der Waals surface area contributed by atoms with Crippen LogP contribution in [0, 0.1) is 0 Å². The number of benzene rings is 1. The molecule has 2 aliphatic heterocycles. The predicted octanol–water partition coefficient (Wildman–Crippen LogP) is -0.968. The van der Waals surface area contributed by atoms with Gasteiger partial charge in [0.05, 0.1) is 6.61 Å². The van der Waals surface area contributed by atoms with Gasteiger partial charge in [-0.3, -0.25) is 4.18 Å². The Hall–Kier alpha value is -0.720. The molecule has 0 radical (unpaired) electrons. The summed E-state index contributed by atoms with van der Waals surface area (Å²) < 4.78 is 48.9. The van der Waals surface area contributed by atoms with Crippen LogP contribution in [0.25, 0.3) is 0 Å². The van der Waals surface area contributed by atoms with Crippen molar-refractivity contribution in [2.45, 2.75) is 30.7 Å². The summed E-state index contributed by atoms with van der Waals surface area (Å²) in [6.07, 6.45) is -3.60. The summed E-state index contributed by atoms with van der Waals surface area (Å²) in [4.78, 5) is 0. The molecule has 0 amide bonds. The molecule has 1 aromatic carbocycles. The summed E-state index contributed by atoms with van der Waals surface area (Å²) in [6.45, 7) is -0.0875. The molecule has 2 unspecified atom stereocenters. The smallest absolute Gasteiger partial charge is 0.230 e. The SMILES string of the molecule is O=S(=O)([O-])O[C@H]1COC(c2ccccc2)O[C@@H]1C[S+]1C[C@H](O)[C@@H]([OH2+])C1. The highest BCUT2D eigenvalue weighted by Crippen LogP contribution is 2.30. The topological polar surface area (TPSA) is 128 Å². The lowest BCUT2D eigenvalue weighted by molar-refractivity contribution is -0.245. The van der Waals surface area contributed by atoms with Gasteiger partial charge in [-0.1, -0.05) is 30.3 Å². The second-order valence-corrected chi connectivity index (χ2v) is 9.31. The van der Waals surface area contributed by atoms with Gasteiger partial charge in [-0.2, -0.15) is 0 Å². The fourth-order valence-corrected chi connectivity index (χ4v) is 6.00. The lowest BCUT2D eigenvalue weighted by Crippen LogP contribution is -2.47. The van der Waals surface area contributed by atoms with Gasteiger partial charge in [0.1, 0.15) is 23.7 Å². The van der Waals surface area contributed by atoms with Crippen LogP contribution in [-0.4, -0.2) is 71.5 Å². The maximum Gasteiger partial charge on any atom is 0.230 e. The molecule has 1 aromatic rings. The largest absolute Gasteiger partial charge is 0.726 e. The molecule has 2 saturated heterocycles. The fourth-order valence-electron chi connectivity index (χ4n) is 2.91. The summed E-state index contributed by atoms with van der Waals surface area (Å²) in [5.74, 6) is 1.41. The zero-order valence-corrected chi connectivity index (χ0v) is 14.9. The molecular weight excluding hydrogens is 372 g/mol. The van der Waals surface area contributed by atoms with Crippen LogP contribution in [0.15, 0.2) is 30.3 Å². The minimum absolute atomic E-state index is 0.0875. The van der Waals surface area contributed by atoms with E-state index >= 15 is 0 Å². The Bertz CT molecular complexity index is 657. The van der Waals surface area contributed by atoms with E-state index in [0.29, 0.717) is 17.3 Å². The molecule has 8 nitrogen and oxygen atoms in total. The molecule has 10 heteroatoms. The van der Waals surface area contributed by atoms with Crippen LogP contribution in [0.4, 0.5) is 0 Å². The molecule has 0 aromatic heterocycles. The summed E-state index contributed by atoms with van der Waals surface area (Å²) in [7, 11) is -5.19. The Labute approximate surface area is 149 Å². The third kappa shape index (κ3) is 5.14. The highest BCUT2D eigenvalue weighted by Gasteiger charge is 2.47. The Kier molecular flexibility index (Phi) is 6.01. The Balaban J connectivity index is 1.72. The predicted molar refractivity (Wildman–Crippen MR) is 90.0 cm³/mol. The molecule has 2 heterocycles. The quantitative estimate of drug-likeness (QED) is 0.387. The minimum atomic E-state index is -4.89. The fraction of sp³-hybridized carbons (Fsp3) is 0.600. The van der Waals surface area contributed by atoms with E-state index in [0.717, 1.165) is 5.56 Å². The normalized spacial score (nSPS) is 36.4. The van der Waals surface area contributed by atoms with Crippen LogP contribution < -0.4 is 0 Å². The molecule has 3 N–H and O–H groups in total. The first-order chi connectivity index (χ1) is 11.8. The van der Waals surface area contributed by atoms with Crippen molar-refractivity contribution in [3.05, 3.63) is 35.9 Å². The number of aliphatic hydroxyl groups is 1. The van der Waals surface area contributed by atoms with E-state index in [1.54, 1.807) is 0 Å². The average molecular weight is 393 g/mol. The Morgan fingerprint density at radius 1 is 1.32 bits per heavy atom. The maximum atomic E-state index is 11.0. The van der Waals surface area contributed by atoms with Crippen molar-refractivity contribution >= 4 is 21.3 Å². The van der Waals surface area contributed by atoms with Gasteiger partial charge in [-0.05, 0) is 0 Å². The average Bonchev–Trinajstić information content (AvgIpc) is 2.86. The van der Waals surface area contributed by atoms with E-state index in [1.165, 1.54) is 0 Å². The second-order valence-electron chi connectivity index (χ2n) is 6.08. The lowest BCUT2D eigenvalue weighted by atomic mass is 10.1. The van der Waals surface area contributed by atoms with Crippen LogP contribution in [0.5, 0.6) is 0 Å². The van der Waals surface area contributed by atoms with E-state index in [4.69, 9.17) is 14.6 Å². The molecule has 6 atom stereocenters. The summed E-state index contributed by atoms with van der Waals surface area (Å²) in [5.41, 5.74) is 0.782. The molecule has 0 spiro atoms. The molecule has 2 fully saturated rings. The highest BCUT2D eigenvalue weighted by atomic mass is 32.3. The number of rotatable bonds is 5. The molecular formula is C15H21O8S2+. The van der Waals surface area contributed by atoms with Gasteiger partial charge in [-0.15, -0.1) is 0 Å². The van der Waals surface area contributed by atoms with Crippen molar-refractivity contribution in [2.24, 2.45) is 0 Å². The van der Waals surface area contributed by atoms with Crippen LogP contribution in [0.2, 0.25) is 0 Å². The highest BCUT2D eigenvalue weighted by molar-refractivity contribution is 7.97. The Morgan fingerprint density at radius 3 is 2.64 bits per heavy atom. The molecule has 25 heavy (non-hydrogen) atoms. The molecule has 140 valence electrons. The van der Waals surface area contributed by atoms with Crippen molar-refractivity contribution in [3.63, 3.8) is 0 Å². The van der Waals surface area contributed by atoms with Crippen LogP contribution in [-0.2, 0) is 35.0 Å². The van der Waals surface area contributed by atoms with Crippen LogP contribution in [0.1, 0.15) is 11.9 Å². The van der Waals surface area contributed by atoms with Gasteiger partial charge < -0.3 is 24.2 Å². The third-order valence-electron chi connectivity index (χ3n) is 4.12. The van der Waals surface area contributed by atoms with Crippen molar-refractivity contribution in [3.8, 4) is 0 Å². The number of aliphatic hydroxyl groups excluding tert-OH is 1. The third-order valence-corrected chi connectivity index (χ3v) is 7.05. The van der Waals surface area contributed by atoms with E-state index in [-0.39, 0.29) is 17.5 Å². The number of hydrogen-bond donors (Lipinski definition) is 1. The zero-order chi connectivity index (χ0) is 18.0. The van der Waals surface area contributed by atoms with Crippen molar-refractivity contribution < 1.29 is 36.8 Å². The van der Waals surface area contributed by atoms with Crippen LogP contribution in [0.3, 0.4) is 0 Å². The molecule has 0 aliphatic carbocycles. The first-order valence-electron chi connectivity index (χ1n) is 7.81. The summed E-state index contributed by atoms with van der Waals surface area (Å²) >= 11 is 0. The van der Waals surface area contributed by atoms with Gasteiger partial charge in [0.15, 0.2) is 18.1 Å². The number of hydrogen-bond acceptors (Lipinski definition) is 7. The second kappa shape index (κ2) is 7.89. The van der Waals surface area contributed by atoms with Gasteiger partial charge in [-0.25, -0.2) is 8.42 Å². The van der Waals surface area contributed by atoms with Gasteiger partial charge in [0.2, 0.25) is 16.5 Å². The molecule has 2 aliphatic rings. The summed E-state index contributed by atoms with van der Waals surface area (Å²) in [5, 5.41) is 17.5. The molecule has 0 saturated carbocycles. The first kappa shape index (κ1) is 19.1. The minimum Gasteiger partial charge on any atom is -0.726 e. The Morgan fingerprint density at radius 2 is 2.04 bits per heavy atom. The summed E-state index contributed by atoms with van der Waals surface area (Å²) in [6, 6.07) is 9.18. The molecule has 3 rings (SSSR count). The maximum absolute atomic E-state index is 11.0. The number of ether oxygens (including phenoxy) is 2. The van der Waals surface area contributed by atoms with Crippen molar-refractivity contribution in [2.75, 3.05) is 23.9 Å². The van der Waals surface area contributed by atoms with Crippen molar-refractivity contribution in [1.82, 2.24) is 0 Å². The van der Waals surface area contributed by atoms with Gasteiger partial charge in [0, 0.05) is 16.5 Å². The van der Waals surface area contributed by atoms with E-state index in [9.17, 15) is 18.1 Å². The van der Waals surface area contributed by atoms with E-state index in [1.807, 2.05) is 30.3 Å². The van der Waals surface area contributed by atoms with Gasteiger partial charge >= 0.3 is 0 Å². The molecule has 0 bridgehead atoms. The van der Waals surface area contributed by atoms with E-state index < -0.39 is 41.1 Å². The van der Waals surface area contributed by atoms with Crippen molar-refractivity contribution in [1.29, 1.82) is 0 Å². The van der Waals surface area contributed by atoms with E-state index in [2.05, 4.69) is 4.18 Å². The van der Waals surface area contributed by atoms with Crippen LogP contribution >= 0.6 is 0 Å². The first-order valence-corrected chi connectivity index (χ1v) is 10.9. The standard InChI is InChI=1S/C15H20O8S2/c16-11-7-24(8-12(11)17)9-14-13(23-25(18,19)20)6-21-15(22-14)10-4-2-1-3-5-10/h1-5,11-17H,6-9H2/p+1/t11-,12-,13-,14+,15?/m0/s1.